The molecule has 2 amide bonds. The summed E-state index contributed by atoms with van der Waals surface area (Å²) in [6.07, 6.45) is 2.08. The fourth-order valence-electron chi connectivity index (χ4n) is 3.75. The monoisotopic (exact) mass is 524 g/mol. The summed E-state index contributed by atoms with van der Waals surface area (Å²) in [5, 5.41) is 3.00. The van der Waals surface area contributed by atoms with Gasteiger partial charge in [-0.3, -0.25) is 9.59 Å². The number of amides is 2. The standard InChI is InChI=1S/C28H30BrFN2O2/c1-2-3-17-31-28(34)26(18-21-9-5-4-6-10-21)32(20-22-13-15-24(29)16-14-22)27(33)19-23-11-7-8-12-25(23)30/h4-16,26H,2-3,17-20H2,1H3,(H,31,34)/t26-/m0/s1. The average molecular weight is 525 g/mol. The summed E-state index contributed by atoms with van der Waals surface area (Å²) >= 11 is 3.44. The molecule has 34 heavy (non-hydrogen) atoms. The summed E-state index contributed by atoms with van der Waals surface area (Å²) in [4.78, 5) is 28.5. The fourth-order valence-corrected chi connectivity index (χ4v) is 4.02. The molecule has 0 aliphatic rings. The Morgan fingerprint density at radius 2 is 1.62 bits per heavy atom. The van der Waals surface area contributed by atoms with E-state index in [4.69, 9.17) is 0 Å². The average Bonchev–Trinajstić information content (AvgIpc) is 2.84. The zero-order chi connectivity index (χ0) is 24.3. The molecule has 0 unspecified atom stereocenters. The molecule has 178 valence electrons. The number of carbonyl (C=O) groups is 2. The first-order chi connectivity index (χ1) is 16.5. The van der Waals surface area contributed by atoms with E-state index < -0.39 is 11.9 Å². The molecule has 0 fully saturated rings. The van der Waals surface area contributed by atoms with Crippen molar-refractivity contribution < 1.29 is 14.0 Å². The molecule has 4 nitrogen and oxygen atoms in total. The van der Waals surface area contributed by atoms with Gasteiger partial charge in [-0.2, -0.15) is 0 Å². The highest BCUT2D eigenvalue weighted by Crippen LogP contribution is 2.19. The number of rotatable bonds is 11. The summed E-state index contributed by atoms with van der Waals surface area (Å²) in [5.74, 6) is -0.915. The maximum Gasteiger partial charge on any atom is 0.243 e. The van der Waals surface area contributed by atoms with Crippen molar-refractivity contribution in [1.29, 1.82) is 0 Å². The van der Waals surface area contributed by atoms with Crippen molar-refractivity contribution in [2.45, 2.75) is 45.2 Å². The number of hydrogen-bond donors (Lipinski definition) is 1. The molecule has 0 aromatic heterocycles. The Hall–Kier alpha value is -2.99. The molecule has 3 aromatic rings. The van der Waals surface area contributed by atoms with Crippen molar-refractivity contribution >= 4 is 27.7 Å². The Balaban J connectivity index is 1.94. The van der Waals surface area contributed by atoms with E-state index >= 15 is 0 Å². The smallest absolute Gasteiger partial charge is 0.243 e. The summed E-state index contributed by atoms with van der Waals surface area (Å²) in [6.45, 7) is 2.86. The van der Waals surface area contributed by atoms with E-state index in [-0.39, 0.29) is 24.8 Å². The number of hydrogen-bond acceptors (Lipinski definition) is 2. The molecule has 0 radical (unpaired) electrons. The van der Waals surface area contributed by atoms with Crippen LogP contribution in [0.1, 0.15) is 36.5 Å². The topological polar surface area (TPSA) is 49.4 Å². The van der Waals surface area contributed by atoms with Gasteiger partial charge < -0.3 is 10.2 Å². The van der Waals surface area contributed by atoms with Crippen molar-refractivity contribution in [3.63, 3.8) is 0 Å². The summed E-state index contributed by atoms with van der Waals surface area (Å²) in [6, 6.07) is 22.9. The number of unbranched alkanes of at least 4 members (excludes halogenated alkanes) is 1. The molecule has 3 aromatic carbocycles. The zero-order valence-corrected chi connectivity index (χ0v) is 20.9. The second-order valence-electron chi connectivity index (χ2n) is 8.27. The van der Waals surface area contributed by atoms with Gasteiger partial charge in [-0.25, -0.2) is 4.39 Å². The highest BCUT2D eigenvalue weighted by molar-refractivity contribution is 9.10. The van der Waals surface area contributed by atoms with Gasteiger partial charge in [-0.05, 0) is 41.3 Å². The number of nitrogens with zero attached hydrogens (tertiary/aromatic N) is 1. The van der Waals surface area contributed by atoms with Gasteiger partial charge in [0.05, 0.1) is 6.42 Å². The van der Waals surface area contributed by atoms with Crippen LogP contribution in [-0.4, -0.2) is 29.3 Å². The molecule has 0 bridgehead atoms. The van der Waals surface area contributed by atoms with Crippen LogP contribution in [0.3, 0.4) is 0 Å². The minimum absolute atomic E-state index is 0.114. The second kappa shape index (κ2) is 13.0. The van der Waals surface area contributed by atoms with E-state index in [1.54, 1.807) is 23.1 Å². The third-order valence-corrected chi connectivity index (χ3v) is 6.20. The largest absolute Gasteiger partial charge is 0.354 e. The van der Waals surface area contributed by atoms with Crippen LogP contribution in [0.2, 0.25) is 0 Å². The third-order valence-electron chi connectivity index (χ3n) is 5.67. The summed E-state index contributed by atoms with van der Waals surface area (Å²) < 4.78 is 15.3. The zero-order valence-electron chi connectivity index (χ0n) is 19.3. The van der Waals surface area contributed by atoms with E-state index in [0.29, 0.717) is 18.5 Å². The maximum absolute atomic E-state index is 14.3. The Labute approximate surface area is 209 Å². The highest BCUT2D eigenvalue weighted by Gasteiger charge is 2.30. The Morgan fingerprint density at radius 3 is 2.29 bits per heavy atom. The van der Waals surface area contributed by atoms with Gasteiger partial charge in [0.2, 0.25) is 11.8 Å². The number of benzene rings is 3. The lowest BCUT2D eigenvalue weighted by Gasteiger charge is -2.32. The van der Waals surface area contributed by atoms with Crippen molar-refractivity contribution in [2.75, 3.05) is 6.54 Å². The molecule has 0 aliphatic heterocycles. The van der Waals surface area contributed by atoms with Crippen LogP contribution in [0.5, 0.6) is 0 Å². The molecular formula is C28H30BrFN2O2. The van der Waals surface area contributed by atoms with Crippen molar-refractivity contribution in [3.05, 3.63) is 106 Å². The first-order valence-corrected chi connectivity index (χ1v) is 12.4. The van der Waals surface area contributed by atoms with Crippen LogP contribution < -0.4 is 5.32 Å². The molecule has 1 atom stereocenters. The van der Waals surface area contributed by atoms with Gasteiger partial charge in [0.1, 0.15) is 11.9 Å². The Bertz CT molecular complexity index is 1070. The molecule has 0 spiro atoms. The Kier molecular flexibility index (Phi) is 9.83. The van der Waals surface area contributed by atoms with Crippen LogP contribution in [0.15, 0.2) is 83.3 Å². The van der Waals surface area contributed by atoms with Crippen LogP contribution >= 0.6 is 15.9 Å². The molecule has 6 heteroatoms. The minimum Gasteiger partial charge on any atom is -0.354 e. The molecule has 3 rings (SSSR count). The SMILES string of the molecule is CCCCNC(=O)[C@H](Cc1ccccc1)N(Cc1ccc(Br)cc1)C(=O)Cc1ccccc1F. The molecular weight excluding hydrogens is 495 g/mol. The molecule has 0 saturated heterocycles. The van der Waals surface area contributed by atoms with E-state index in [1.165, 1.54) is 6.07 Å². The molecule has 0 aliphatic carbocycles. The number of halogens is 2. The first-order valence-electron chi connectivity index (χ1n) is 11.6. The third kappa shape index (κ3) is 7.52. The van der Waals surface area contributed by atoms with Gasteiger partial charge in [-0.15, -0.1) is 0 Å². The van der Waals surface area contributed by atoms with Crippen molar-refractivity contribution in [1.82, 2.24) is 10.2 Å². The van der Waals surface area contributed by atoms with Crippen LogP contribution in [-0.2, 0) is 29.0 Å². The minimum atomic E-state index is -0.720. The van der Waals surface area contributed by atoms with Gasteiger partial charge >= 0.3 is 0 Å². The second-order valence-corrected chi connectivity index (χ2v) is 9.18. The van der Waals surface area contributed by atoms with E-state index in [0.717, 1.165) is 28.4 Å². The summed E-state index contributed by atoms with van der Waals surface area (Å²) in [7, 11) is 0. The maximum atomic E-state index is 14.3. The Morgan fingerprint density at radius 1 is 0.941 bits per heavy atom. The summed E-state index contributed by atoms with van der Waals surface area (Å²) in [5.41, 5.74) is 2.17. The lowest BCUT2D eigenvalue weighted by atomic mass is 10.0. The lowest BCUT2D eigenvalue weighted by molar-refractivity contribution is -0.140. The van der Waals surface area contributed by atoms with Crippen molar-refractivity contribution in [3.8, 4) is 0 Å². The van der Waals surface area contributed by atoms with Crippen LogP contribution in [0, 0.1) is 5.82 Å². The van der Waals surface area contributed by atoms with Gasteiger partial charge in [0, 0.05) is 24.0 Å². The lowest BCUT2D eigenvalue weighted by Crippen LogP contribution is -2.51. The molecule has 0 saturated carbocycles. The predicted octanol–water partition coefficient (Wildman–Crippen LogP) is 5.69. The normalized spacial score (nSPS) is 11.6. The predicted molar refractivity (Wildman–Crippen MR) is 137 cm³/mol. The van der Waals surface area contributed by atoms with E-state index in [2.05, 4.69) is 28.2 Å². The van der Waals surface area contributed by atoms with E-state index in [1.807, 2.05) is 54.6 Å². The van der Waals surface area contributed by atoms with Crippen LogP contribution in [0.4, 0.5) is 4.39 Å². The van der Waals surface area contributed by atoms with Gasteiger partial charge in [0.25, 0.3) is 0 Å². The molecule has 1 N–H and O–H groups in total. The van der Waals surface area contributed by atoms with E-state index in [9.17, 15) is 14.0 Å². The number of carbonyl (C=O) groups excluding carboxylic acids is 2. The quantitative estimate of drug-likeness (QED) is 0.327. The van der Waals surface area contributed by atoms with Crippen LogP contribution in [0.25, 0.3) is 0 Å². The van der Waals surface area contributed by atoms with Crippen molar-refractivity contribution in [2.24, 2.45) is 0 Å². The van der Waals surface area contributed by atoms with Gasteiger partial charge in [0.15, 0.2) is 0 Å². The molecule has 0 heterocycles. The number of nitrogens with one attached hydrogen (secondary N) is 1. The van der Waals surface area contributed by atoms with Gasteiger partial charge in [-0.1, -0.05) is 89.9 Å². The highest BCUT2D eigenvalue weighted by atomic mass is 79.9. The first kappa shape index (κ1) is 25.6. The fraction of sp³-hybridized carbons (Fsp3) is 0.286.